The summed E-state index contributed by atoms with van der Waals surface area (Å²) >= 11 is 0. The molecule has 1 aliphatic rings. The van der Waals surface area contributed by atoms with Gasteiger partial charge in [0.1, 0.15) is 0 Å². The fourth-order valence-corrected chi connectivity index (χ4v) is 1.75. The number of benzene rings is 1. The number of rotatable bonds is 2. The Morgan fingerprint density at radius 1 is 1.50 bits per heavy atom. The molecule has 84 valence electrons. The van der Waals surface area contributed by atoms with E-state index in [1.165, 1.54) is 12.2 Å². The lowest BCUT2D eigenvalue weighted by molar-refractivity contribution is -0.0757. The van der Waals surface area contributed by atoms with Gasteiger partial charge in [-0.2, -0.15) is 0 Å². The van der Waals surface area contributed by atoms with Crippen LogP contribution in [0.25, 0.3) is 0 Å². The molecule has 0 unspecified atom stereocenters. The number of hydrogen-bond donors (Lipinski definition) is 0. The molecule has 0 saturated heterocycles. The minimum Gasteiger partial charge on any atom is -0.274 e. The quantitative estimate of drug-likeness (QED) is 0.712. The van der Waals surface area contributed by atoms with Crippen LogP contribution in [0.15, 0.2) is 23.2 Å². The molecule has 0 aromatic heterocycles. The largest absolute Gasteiger partial charge is 0.277 e. The summed E-state index contributed by atoms with van der Waals surface area (Å²) in [6.45, 7) is 1.99. The molecule has 0 bridgehead atoms. The van der Waals surface area contributed by atoms with Crippen LogP contribution < -0.4 is 0 Å². The summed E-state index contributed by atoms with van der Waals surface area (Å²) in [5.74, 6) is -0.144. The first-order chi connectivity index (χ1) is 7.61. The molecule has 1 aromatic rings. The lowest BCUT2D eigenvalue weighted by atomic mass is 10.1. The lowest BCUT2D eigenvalue weighted by Gasteiger charge is -2.13. The van der Waals surface area contributed by atoms with Crippen LogP contribution >= 0.6 is 0 Å². The van der Waals surface area contributed by atoms with Gasteiger partial charge in [-0.25, -0.2) is 5.06 Å². The van der Waals surface area contributed by atoms with E-state index in [1.54, 1.807) is 13.1 Å². The first kappa shape index (κ1) is 10.8. The van der Waals surface area contributed by atoms with Crippen LogP contribution in [0.1, 0.15) is 22.8 Å². The van der Waals surface area contributed by atoms with Gasteiger partial charge in [0, 0.05) is 24.7 Å². The van der Waals surface area contributed by atoms with E-state index in [-0.39, 0.29) is 5.91 Å². The van der Waals surface area contributed by atoms with Crippen molar-refractivity contribution in [1.82, 2.24) is 5.06 Å². The molecule has 0 aliphatic carbocycles. The molecule has 1 aliphatic heterocycles. The van der Waals surface area contributed by atoms with Gasteiger partial charge in [0.25, 0.3) is 5.91 Å². The van der Waals surface area contributed by atoms with E-state index in [0.717, 1.165) is 23.4 Å². The van der Waals surface area contributed by atoms with Gasteiger partial charge in [-0.05, 0) is 30.7 Å². The molecule has 1 amide bonds. The van der Waals surface area contributed by atoms with E-state index in [4.69, 9.17) is 4.84 Å². The van der Waals surface area contributed by atoms with Gasteiger partial charge in [-0.3, -0.25) is 14.6 Å². The third-order valence-corrected chi connectivity index (χ3v) is 2.64. The maximum atomic E-state index is 11.8. The zero-order valence-corrected chi connectivity index (χ0v) is 9.65. The first-order valence-corrected chi connectivity index (χ1v) is 5.11. The standard InChI is InChI=1S/C12H14N2O2/c1-8-6-10-7-9(4-5-11(10)13-8)12(15)14(2)16-3/h4-5,7H,6H2,1-3H3. The second-order valence-corrected chi connectivity index (χ2v) is 3.85. The van der Waals surface area contributed by atoms with Crippen LogP contribution in [0, 0.1) is 0 Å². The van der Waals surface area contributed by atoms with Crippen LogP contribution in [0.2, 0.25) is 0 Å². The van der Waals surface area contributed by atoms with Crippen LogP contribution in [0.5, 0.6) is 0 Å². The number of carbonyl (C=O) groups is 1. The van der Waals surface area contributed by atoms with Crippen LogP contribution in [-0.2, 0) is 11.3 Å². The van der Waals surface area contributed by atoms with E-state index in [2.05, 4.69) is 4.99 Å². The number of carbonyl (C=O) groups excluding carboxylic acids is 1. The molecular formula is C12H14N2O2. The molecule has 16 heavy (non-hydrogen) atoms. The number of hydroxylamine groups is 2. The first-order valence-electron chi connectivity index (χ1n) is 5.11. The van der Waals surface area contributed by atoms with Crippen molar-refractivity contribution in [1.29, 1.82) is 0 Å². The maximum Gasteiger partial charge on any atom is 0.277 e. The number of amides is 1. The van der Waals surface area contributed by atoms with Gasteiger partial charge in [0.15, 0.2) is 0 Å². The van der Waals surface area contributed by atoms with Crippen molar-refractivity contribution in [3.63, 3.8) is 0 Å². The van der Waals surface area contributed by atoms with Crippen LogP contribution in [0.3, 0.4) is 0 Å². The van der Waals surface area contributed by atoms with E-state index >= 15 is 0 Å². The Kier molecular flexibility index (Phi) is 2.75. The van der Waals surface area contributed by atoms with Gasteiger partial charge in [-0.15, -0.1) is 0 Å². The molecule has 0 fully saturated rings. The number of aliphatic imine (C=N–C) groups is 1. The van der Waals surface area contributed by atoms with Crippen molar-refractivity contribution in [2.75, 3.05) is 14.2 Å². The summed E-state index contributed by atoms with van der Waals surface area (Å²) in [5, 5.41) is 1.21. The SMILES string of the molecule is CON(C)C(=O)c1ccc2c(c1)CC(C)=N2. The molecule has 1 heterocycles. The maximum absolute atomic E-state index is 11.8. The Balaban J connectivity index is 2.28. The van der Waals surface area contributed by atoms with Crippen molar-refractivity contribution in [2.45, 2.75) is 13.3 Å². The van der Waals surface area contributed by atoms with Crippen LogP contribution in [0.4, 0.5) is 5.69 Å². The van der Waals surface area contributed by atoms with Crippen molar-refractivity contribution in [3.8, 4) is 0 Å². The monoisotopic (exact) mass is 218 g/mol. The summed E-state index contributed by atoms with van der Waals surface area (Å²) in [4.78, 5) is 21.1. The molecule has 1 aromatic carbocycles. The molecule has 0 N–H and O–H groups in total. The zero-order chi connectivity index (χ0) is 11.7. The van der Waals surface area contributed by atoms with Crippen molar-refractivity contribution in [3.05, 3.63) is 29.3 Å². The Morgan fingerprint density at radius 2 is 2.25 bits per heavy atom. The Hall–Kier alpha value is -1.68. The van der Waals surface area contributed by atoms with E-state index in [9.17, 15) is 4.79 Å². The molecule has 0 radical (unpaired) electrons. The fourth-order valence-electron chi connectivity index (χ4n) is 1.75. The summed E-state index contributed by atoms with van der Waals surface area (Å²) in [6, 6.07) is 5.54. The average molecular weight is 218 g/mol. The van der Waals surface area contributed by atoms with Gasteiger partial charge in [0.05, 0.1) is 12.8 Å². The smallest absolute Gasteiger partial charge is 0.274 e. The third kappa shape index (κ3) is 1.84. The summed E-state index contributed by atoms with van der Waals surface area (Å²) in [6.07, 6.45) is 0.827. The van der Waals surface area contributed by atoms with Gasteiger partial charge >= 0.3 is 0 Å². The van der Waals surface area contributed by atoms with E-state index in [0.29, 0.717) is 5.56 Å². The fraction of sp³-hybridized carbons (Fsp3) is 0.333. The summed E-state index contributed by atoms with van der Waals surface area (Å²) in [7, 11) is 3.07. The molecule has 0 atom stereocenters. The number of fused-ring (bicyclic) bond motifs is 1. The molecule has 0 spiro atoms. The van der Waals surface area contributed by atoms with Crippen molar-refractivity contribution in [2.24, 2.45) is 4.99 Å². The lowest BCUT2D eigenvalue weighted by Crippen LogP contribution is -2.25. The van der Waals surface area contributed by atoms with Gasteiger partial charge < -0.3 is 0 Å². The summed E-state index contributed by atoms with van der Waals surface area (Å²) in [5.41, 5.74) is 3.79. The normalized spacial score (nSPS) is 13.3. The topological polar surface area (TPSA) is 41.9 Å². The number of hydrogen-bond acceptors (Lipinski definition) is 3. The predicted octanol–water partition coefficient (Wildman–Crippen LogP) is 1.97. The Morgan fingerprint density at radius 3 is 2.94 bits per heavy atom. The van der Waals surface area contributed by atoms with E-state index in [1.807, 2.05) is 19.1 Å². The molecule has 4 heteroatoms. The van der Waals surface area contributed by atoms with E-state index < -0.39 is 0 Å². The molecule has 2 rings (SSSR count). The highest BCUT2D eigenvalue weighted by Gasteiger charge is 2.16. The summed E-state index contributed by atoms with van der Waals surface area (Å²) < 4.78 is 0. The van der Waals surface area contributed by atoms with Gasteiger partial charge in [-0.1, -0.05) is 0 Å². The Labute approximate surface area is 94.5 Å². The highest BCUT2D eigenvalue weighted by Crippen LogP contribution is 2.27. The average Bonchev–Trinajstić information content (AvgIpc) is 2.65. The highest BCUT2D eigenvalue weighted by molar-refractivity contribution is 5.97. The van der Waals surface area contributed by atoms with Crippen molar-refractivity contribution < 1.29 is 9.63 Å². The molecule has 4 nitrogen and oxygen atoms in total. The second-order valence-electron chi connectivity index (χ2n) is 3.85. The zero-order valence-electron chi connectivity index (χ0n) is 9.65. The molecule has 0 saturated carbocycles. The minimum absolute atomic E-state index is 0.144. The predicted molar refractivity (Wildman–Crippen MR) is 62.0 cm³/mol. The van der Waals surface area contributed by atoms with Crippen LogP contribution in [-0.4, -0.2) is 30.8 Å². The Bertz CT molecular complexity index is 466. The highest BCUT2D eigenvalue weighted by atomic mass is 16.7. The molecular weight excluding hydrogens is 204 g/mol. The number of nitrogens with zero attached hydrogens (tertiary/aromatic N) is 2. The van der Waals surface area contributed by atoms with Crippen molar-refractivity contribution >= 4 is 17.3 Å². The van der Waals surface area contributed by atoms with Gasteiger partial charge in [0.2, 0.25) is 0 Å². The second kappa shape index (κ2) is 4.06. The third-order valence-electron chi connectivity index (χ3n) is 2.64. The minimum atomic E-state index is -0.144.